The van der Waals surface area contributed by atoms with E-state index in [0.717, 1.165) is 0 Å². The van der Waals surface area contributed by atoms with Gasteiger partial charge in [-0.1, -0.05) is 32.2 Å². The van der Waals surface area contributed by atoms with E-state index in [1.54, 1.807) is 6.92 Å². The molecule has 2 aliphatic heterocycles. The number of carbonyl (C=O) groups excluding carboxylic acids is 3. The maximum atomic E-state index is 12.6. The summed E-state index contributed by atoms with van der Waals surface area (Å²) >= 11 is 0. The van der Waals surface area contributed by atoms with Crippen molar-refractivity contribution < 1.29 is 38.9 Å². The summed E-state index contributed by atoms with van der Waals surface area (Å²) in [6.07, 6.45) is 0.357. The van der Waals surface area contributed by atoms with Gasteiger partial charge in [0.1, 0.15) is 18.9 Å². The van der Waals surface area contributed by atoms with Gasteiger partial charge in [-0.05, 0) is 12.5 Å². The van der Waals surface area contributed by atoms with E-state index in [4.69, 9.17) is 9.47 Å². The summed E-state index contributed by atoms with van der Waals surface area (Å²) < 4.78 is 9.77. The first kappa shape index (κ1) is 24.9. The van der Waals surface area contributed by atoms with Gasteiger partial charge in [0, 0.05) is 24.9 Å². The number of nitrogens with one attached hydrogen (secondary N) is 2. The van der Waals surface area contributed by atoms with Crippen LogP contribution in [0.1, 0.15) is 13.8 Å². The van der Waals surface area contributed by atoms with E-state index in [2.05, 4.69) is 23.8 Å². The molecule has 176 valence electrons. The minimum Gasteiger partial charge on any atom is -0.477 e. The number of hydrogen-bond acceptors (Lipinski definition) is 7. The van der Waals surface area contributed by atoms with Crippen LogP contribution in [0.2, 0.25) is 0 Å². The van der Waals surface area contributed by atoms with Gasteiger partial charge < -0.3 is 35.2 Å². The first-order valence-electron chi connectivity index (χ1n) is 10.2. The normalized spacial score (nSPS) is 22.6. The average Bonchev–Trinajstić information content (AvgIpc) is 2.99. The molecule has 0 radical (unpaired) electrons. The predicted molar refractivity (Wildman–Crippen MR) is 112 cm³/mol. The molecule has 11 nitrogen and oxygen atoms in total. The van der Waals surface area contributed by atoms with Crippen LogP contribution in [0.25, 0.3) is 0 Å². The minimum absolute atomic E-state index is 0.0114. The van der Waals surface area contributed by atoms with E-state index in [9.17, 15) is 29.4 Å². The Morgan fingerprint density at radius 2 is 1.62 bits per heavy atom. The van der Waals surface area contributed by atoms with Crippen LogP contribution < -0.4 is 10.6 Å². The van der Waals surface area contributed by atoms with Gasteiger partial charge >= 0.3 is 18.2 Å². The highest BCUT2D eigenvalue weighted by Crippen LogP contribution is 2.49. The highest BCUT2D eigenvalue weighted by Gasteiger charge is 2.60. The molecular formula is C21H29N3O8. The highest BCUT2D eigenvalue weighted by molar-refractivity contribution is 6.00. The van der Waals surface area contributed by atoms with Crippen LogP contribution in [0.5, 0.6) is 0 Å². The number of nitrogens with zero attached hydrogens (tertiary/aromatic N) is 1. The lowest BCUT2D eigenvalue weighted by molar-refractivity contribution is -0.163. The number of carbonyl (C=O) groups is 4. The van der Waals surface area contributed by atoms with Crippen LogP contribution in [0.3, 0.4) is 0 Å². The smallest absolute Gasteiger partial charge is 0.407 e. The molecule has 4 atom stereocenters. The number of aliphatic carboxylic acids is 1. The minimum atomic E-state index is -1.31. The fourth-order valence-corrected chi connectivity index (χ4v) is 4.22. The molecule has 2 heterocycles. The Morgan fingerprint density at radius 3 is 2.03 bits per heavy atom. The largest absolute Gasteiger partial charge is 0.477 e. The lowest BCUT2D eigenvalue weighted by Gasteiger charge is -2.46. The molecule has 2 aliphatic rings. The van der Waals surface area contributed by atoms with Gasteiger partial charge in [0.25, 0.3) is 0 Å². The number of hydrogen-bond donors (Lipinski definition) is 4. The maximum absolute atomic E-state index is 12.6. The highest BCUT2D eigenvalue weighted by atomic mass is 16.6. The quantitative estimate of drug-likeness (QED) is 0.263. The first-order valence-corrected chi connectivity index (χ1v) is 10.2. The van der Waals surface area contributed by atoms with E-state index in [1.807, 2.05) is 0 Å². The lowest BCUT2D eigenvalue weighted by atomic mass is 9.76. The molecule has 0 aromatic carbocycles. The number of aliphatic hydroxyl groups excluding tert-OH is 1. The van der Waals surface area contributed by atoms with Crippen molar-refractivity contribution in [3.05, 3.63) is 36.6 Å². The SMILES string of the molecule is C=CCOC(=O)NCC(CNC(=O)OCC=C)C1=C(C(=O)O)N2C(=O)[C@H]([C@@H](C)O)[C@H]2C1C. The molecule has 0 aliphatic carbocycles. The van der Waals surface area contributed by atoms with Crippen molar-refractivity contribution in [3.8, 4) is 0 Å². The molecule has 0 aromatic heterocycles. The summed E-state index contributed by atoms with van der Waals surface area (Å²) in [5, 5.41) is 24.9. The average molecular weight is 451 g/mol. The molecule has 1 saturated heterocycles. The number of carboxylic acid groups (broad SMARTS) is 1. The molecule has 4 N–H and O–H groups in total. The van der Waals surface area contributed by atoms with Gasteiger partial charge in [-0.3, -0.25) is 4.79 Å². The van der Waals surface area contributed by atoms with Gasteiger partial charge in [-0.25, -0.2) is 14.4 Å². The third-order valence-electron chi connectivity index (χ3n) is 5.52. The molecule has 0 saturated carbocycles. The Bertz CT molecular complexity index is 794. The molecule has 32 heavy (non-hydrogen) atoms. The van der Waals surface area contributed by atoms with E-state index in [-0.39, 0.29) is 32.0 Å². The zero-order chi connectivity index (χ0) is 24.0. The van der Waals surface area contributed by atoms with E-state index in [0.29, 0.717) is 5.57 Å². The van der Waals surface area contributed by atoms with Crippen molar-refractivity contribution in [1.82, 2.24) is 15.5 Å². The van der Waals surface area contributed by atoms with Crippen molar-refractivity contribution in [1.29, 1.82) is 0 Å². The summed E-state index contributed by atoms with van der Waals surface area (Å²) in [7, 11) is 0. The number of fused-ring (bicyclic) bond motifs is 1. The monoisotopic (exact) mass is 451 g/mol. The molecule has 1 unspecified atom stereocenters. The van der Waals surface area contributed by atoms with Crippen LogP contribution in [-0.4, -0.2) is 77.6 Å². The van der Waals surface area contributed by atoms with Gasteiger partial charge in [0.05, 0.1) is 18.1 Å². The van der Waals surface area contributed by atoms with E-state index in [1.165, 1.54) is 24.0 Å². The zero-order valence-electron chi connectivity index (χ0n) is 18.1. The van der Waals surface area contributed by atoms with E-state index < -0.39 is 54.0 Å². The van der Waals surface area contributed by atoms with Crippen LogP contribution >= 0.6 is 0 Å². The Hall–Kier alpha value is -3.34. The van der Waals surface area contributed by atoms with Crippen molar-refractivity contribution in [2.24, 2.45) is 17.8 Å². The number of carboxylic acids is 1. The Morgan fingerprint density at radius 1 is 1.12 bits per heavy atom. The molecular weight excluding hydrogens is 422 g/mol. The summed E-state index contributed by atoms with van der Waals surface area (Å²) in [5.74, 6) is -3.62. The summed E-state index contributed by atoms with van der Waals surface area (Å²) in [6.45, 7) is 9.98. The van der Waals surface area contributed by atoms with Crippen molar-refractivity contribution in [3.63, 3.8) is 0 Å². The molecule has 0 spiro atoms. The van der Waals surface area contributed by atoms with Gasteiger partial charge in [-0.15, -0.1) is 0 Å². The summed E-state index contributed by atoms with van der Waals surface area (Å²) in [6, 6.07) is -0.522. The van der Waals surface area contributed by atoms with Crippen molar-refractivity contribution >= 4 is 24.1 Å². The Labute approximate surface area is 185 Å². The number of β-lactam (4-membered cyclic amide) rings is 1. The lowest BCUT2D eigenvalue weighted by Crippen LogP contribution is -2.63. The van der Waals surface area contributed by atoms with E-state index >= 15 is 0 Å². The second-order valence-electron chi connectivity index (χ2n) is 7.60. The van der Waals surface area contributed by atoms with Gasteiger partial charge in [0.15, 0.2) is 0 Å². The number of ether oxygens (including phenoxy) is 2. The molecule has 11 heteroatoms. The fraction of sp³-hybridized carbons (Fsp3) is 0.524. The number of amides is 3. The predicted octanol–water partition coefficient (Wildman–Crippen LogP) is 0.623. The fourth-order valence-electron chi connectivity index (χ4n) is 4.22. The second-order valence-corrected chi connectivity index (χ2v) is 7.60. The number of rotatable bonds is 11. The van der Waals surface area contributed by atoms with Crippen molar-refractivity contribution in [2.45, 2.75) is 26.0 Å². The Balaban J connectivity index is 2.30. The zero-order valence-corrected chi connectivity index (χ0v) is 18.1. The van der Waals surface area contributed by atoms with Crippen LogP contribution in [0.4, 0.5) is 9.59 Å². The van der Waals surface area contributed by atoms with Crippen molar-refractivity contribution in [2.75, 3.05) is 26.3 Å². The second kappa shape index (κ2) is 10.8. The third-order valence-corrected chi connectivity index (χ3v) is 5.52. The van der Waals surface area contributed by atoms with Crippen LogP contribution in [0, 0.1) is 17.8 Å². The Kier molecular flexibility index (Phi) is 8.41. The number of alkyl carbamates (subject to hydrolysis) is 2. The standard InChI is InChI=1S/C21H29N3O8/c1-5-7-31-20(29)22-9-13(10-23-21(30)32-8-6-2)14-11(3)16-15(12(4)25)18(26)24(16)17(14)19(27)28/h5-6,11-13,15-16,25H,1-2,7-10H2,3-4H3,(H,22,29)(H,23,30)(H,27,28)/t11?,12-,15-,16-/m1/s1. The maximum Gasteiger partial charge on any atom is 0.407 e. The molecule has 3 amide bonds. The van der Waals surface area contributed by atoms with Gasteiger partial charge in [0.2, 0.25) is 5.91 Å². The molecule has 2 rings (SSSR count). The third kappa shape index (κ3) is 5.10. The summed E-state index contributed by atoms with van der Waals surface area (Å²) in [5.41, 5.74) is 0.184. The summed E-state index contributed by atoms with van der Waals surface area (Å²) in [4.78, 5) is 49.6. The first-order chi connectivity index (χ1) is 15.1. The molecule has 0 aromatic rings. The number of aliphatic hydroxyl groups is 1. The van der Waals surface area contributed by atoms with Crippen LogP contribution in [-0.2, 0) is 19.1 Å². The van der Waals surface area contributed by atoms with Gasteiger partial charge in [-0.2, -0.15) is 0 Å². The molecule has 0 bridgehead atoms. The topological polar surface area (TPSA) is 154 Å². The van der Waals surface area contributed by atoms with Crippen LogP contribution in [0.15, 0.2) is 36.6 Å². The molecule has 1 fully saturated rings.